The van der Waals surface area contributed by atoms with Crippen LogP contribution in [0, 0.1) is 0 Å². The van der Waals surface area contributed by atoms with Crippen LogP contribution in [-0.4, -0.2) is 10.6 Å². The maximum atomic E-state index is 10.7. The number of fused-ring (bicyclic) bond motifs is 1. The molecule has 4 heteroatoms. The molecule has 0 aliphatic heterocycles. The Hall–Kier alpha value is -1.28. The first-order valence-corrected chi connectivity index (χ1v) is 7.55. The van der Waals surface area contributed by atoms with E-state index < -0.39 is 0 Å². The maximum Gasteiger partial charge on any atom is 0.226 e. The van der Waals surface area contributed by atoms with Gasteiger partial charge in [-0.25, -0.2) is 0 Å². The summed E-state index contributed by atoms with van der Waals surface area (Å²) in [5.41, 5.74) is 0.962. The third-order valence-electron chi connectivity index (χ3n) is 2.32. The van der Waals surface area contributed by atoms with E-state index in [0.717, 1.165) is 10.9 Å². The zero-order chi connectivity index (χ0) is 16.1. The molecular formula is C17H17Cl3O. The molecule has 0 spiro atoms. The van der Waals surface area contributed by atoms with E-state index in [0.29, 0.717) is 6.42 Å². The molecule has 0 fully saturated rings. The van der Waals surface area contributed by atoms with Crippen LogP contribution >= 0.6 is 34.8 Å². The van der Waals surface area contributed by atoms with Crippen LogP contribution in [0.15, 0.2) is 67.8 Å². The maximum absolute atomic E-state index is 10.7. The van der Waals surface area contributed by atoms with E-state index in [-0.39, 0.29) is 10.6 Å². The Kier molecular flexibility index (Phi) is 11.7. The number of hydrogen-bond donors (Lipinski definition) is 0. The summed E-state index contributed by atoms with van der Waals surface area (Å²) in [6, 6.07) is 14.0. The van der Waals surface area contributed by atoms with Gasteiger partial charge in [0, 0.05) is 6.42 Å². The minimum Gasteiger partial charge on any atom is -0.281 e. The van der Waals surface area contributed by atoms with E-state index in [1.807, 2.05) is 42.5 Å². The van der Waals surface area contributed by atoms with Gasteiger partial charge in [0.05, 0.1) is 5.34 Å². The van der Waals surface area contributed by atoms with Gasteiger partial charge in [-0.05, 0) is 27.9 Å². The first-order valence-electron chi connectivity index (χ1n) is 6.10. The molecular weight excluding hydrogens is 327 g/mol. The molecule has 0 bridgehead atoms. The molecule has 0 aliphatic rings. The van der Waals surface area contributed by atoms with Crippen LogP contribution in [0.2, 0.25) is 0 Å². The highest BCUT2D eigenvalue weighted by Crippen LogP contribution is 2.16. The molecule has 0 N–H and O–H groups in total. The molecule has 21 heavy (non-hydrogen) atoms. The second-order valence-corrected chi connectivity index (χ2v) is 5.02. The molecule has 2 aromatic carbocycles. The second-order valence-electron chi connectivity index (χ2n) is 3.79. The van der Waals surface area contributed by atoms with Crippen LogP contribution in [0.25, 0.3) is 10.8 Å². The van der Waals surface area contributed by atoms with Crippen LogP contribution in [0.3, 0.4) is 0 Å². The average molecular weight is 344 g/mol. The lowest BCUT2D eigenvalue weighted by Crippen LogP contribution is -1.92. The highest BCUT2D eigenvalue weighted by molar-refractivity contribution is 6.63. The Balaban J connectivity index is 0.000000486. The van der Waals surface area contributed by atoms with Gasteiger partial charge in [0.25, 0.3) is 0 Å². The summed E-state index contributed by atoms with van der Waals surface area (Å²) in [4.78, 5) is 10.7. The Morgan fingerprint density at radius 2 is 1.52 bits per heavy atom. The topological polar surface area (TPSA) is 17.1 Å². The Bertz CT molecular complexity index is 573. The molecule has 0 radical (unpaired) electrons. The van der Waals surface area contributed by atoms with Crippen molar-refractivity contribution in [2.75, 3.05) is 5.34 Å². The fourth-order valence-corrected chi connectivity index (χ4v) is 1.66. The molecule has 0 unspecified atom stereocenters. The molecule has 0 heterocycles. The first-order chi connectivity index (χ1) is 10.1. The average Bonchev–Trinajstić information content (AvgIpc) is 2.47. The standard InChI is InChI=1S/C12H9ClO.C4H6.CH2Cl2/c13-12(14)8-9-5-6-10-3-1-2-4-11(10)7-9;1-3-4-2;2-1-3/h1-7H,8H2;3-4H,1-2H2;1H2. The number of rotatable bonds is 3. The van der Waals surface area contributed by atoms with Gasteiger partial charge in [-0.15, -0.1) is 23.2 Å². The number of hydrogen-bond acceptors (Lipinski definition) is 1. The second kappa shape index (κ2) is 12.5. The van der Waals surface area contributed by atoms with Crippen molar-refractivity contribution in [2.45, 2.75) is 6.42 Å². The molecule has 2 rings (SSSR count). The van der Waals surface area contributed by atoms with Crippen molar-refractivity contribution in [3.63, 3.8) is 0 Å². The third kappa shape index (κ3) is 9.30. The lowest BCUT2D eigenvalue weighted by molar-refractivity contribution is -0.111. The number of alkyl halides is 2. The van der Waals surface area contributed by atoms with E-state index in [1.54, 1.807) is 12.2 Å². The Morgan fingerprint density at radius 3 is 2.00 bits per heavy atom. The van der Waals surface area contributed by atoms with Crippen LogP contribution in [0.4, 0.5) is 0 Å². The van der Waals surface area contributed by atoms with Crippen molar-refractivity contribution in [1.82, 2.24) is 0 Å². The van der Waals surface area contributed by atoms with E-state index in [4.69, 9.17) is 34.8 Å². The van der Waals surface area contributed by atoms with Crippen molar-refractivity contribution < 1.29 is 4.79 Å². The largest absolute Gasteiger partial charge is 0.281 e. The summed E-state index contributed by atoms with van der Waals surface area (Å²) in [6.07, 6.45) is 3.58. The molecule has 0 amide bonds. The monoisotopic (exact) mass is 342 g/mol. The number of carbonyl (C=O) groups excluding carboxylic acids is 1. The van der Waals surface area contributed by atoms with Gasteiger partial charge in [0.1, 0.15) is 0 Å². The quantitative estimate of drug-likeness (QED) is 0.383. The summed E-state index contributed by atoms with van der Waals surface area (Å²) >= 11 is 14.9. The van der Waals surface area contributed by atoms with Gasteiger partial charge in [-0.2, -0.15) is 0 Å². The molecule has 0 aliphatic carbocycles. The molecule has 0 saturated carbocycles. The molecule has 112 valence electrons. The SMILES string of the molecule is C=CC=C.ClCCl.O=C(Cl)Cc1ccc2ccccc2c1. The van der Waals surface area contributed by atoms with Crippen LogP contribution in [0.5, 0.6) is 0 Å². The van der Waals surface area contributed by atoms with Gasteiger partial charge < -0.3 is 0 Å². The van der Waals surface area contributed by atoms with Crippen molar-refractivity contribution >= 4 is 50.8 Å². The zero-order valence-electron chi connectivity index (χ0n) is 11.6. The van der Waals surface area contributed by atoms with Gasteiger partial charge in [-0.1, -0.05) is 67.8 Å². The summed E-state index contributed by atoms with van der Waals surface area (Å²) in [7, 11) is 0. The van der Waals surface area contributed by atoms with E-state index in [2.05, 4.69) is 13.2 Å². The Morgan fingerprint density at radius 1 is 1.00 bits per heavy atom. The molecule has 0 aromatic heterocycles. The molecule has 0 atom stereocenters. The number of halogens is 3. The minimum atomic E-state index is -0.319. The molecule has 2 aromatic rings. The molecule has 0 saturated heterocycles. The molecule has 1 nitrogen and oxygen atoms in total. The first kappa shape index (κ1) is 19.7. The summed E-state index contributed by atoms with van der Waals surface area (Å²) in [5, 5.41) is 2.20. The van der Waals surface area contributed by atoms with Gasteiger partial charge in [0.2, 0.25) is 5.24 Å². The predicted molar refractivity (Wildman–Crippen MR) is 95.5 cm³/mol. The fourth-order valence-electron chi connectivity index (χ4n) is 1.51. The highest BCUT2D eigenvalue weighted by atomic mass is 35.5. The van der Waals surface area contributed by atoms with Gasteiger partial charge in [-0.3, -0.25) is 4.79 Å². The lowest BCUT2D eigenvalue weighted by atomic mass is 10.1. The van der Waals surface area contributed by atoms with Crippen molar-refractivity contribution in [3.05, 3.63) is 73.3 Å². The van der Waals surface area contributed by atoms with Gasteiger partial charge in [0.15, 0.2) is 0 Å². The van der Waals surface area contributed by atoms with Crippen LogP contribution in [0.1, 0.15) is 5.56 Å². The summed E-state index contributed by atoms with van der Waals surface area (Å²) < 4.78 is 0. The number of allylic oxidation sites excluding steroid dienone is 2. The normalized spacial score (nSPS) is 8.71. The number of benzene rings is 2. The fraction of sp³-hybridized carbons (Fsp3) is 0.118. The van der Waals surface area contributed by atoms with Crippen molar-refractivity contribution in [1.29, 1.82) is 0 Å². The van der Waals surface area contributed by atoms with Crippen molar-refractivity contribution in [2.24, 2.45) is 0 Å². The van der Waals surface area contributed by atoms with E-state index in [9.17, 15) is 4.79 Å². The van der Waals surface area contributed by atoms with Crippen LogP contribution in [-0.2, 0) is 11.2 Å². The highest BCUT2D eigenvalue weighted by Gasteiger charge is 2.00. The number of carbonyl (C=O) groups is 1. The zero-order valence-corrected chi connectivity index (χ0v) is 13.8. The third-order valence-corrected chi connectivity index (χ3v) is 2.46. The van der Waals surface area contributed by atoms with Gasteiger partial charge >= 0.3 is 0 Å². The predicted octanol–water partition coefficient (Wildman–Crippen LogP) is 5.93. The smallest absolute Gasteiger partial charge is 0.226 e. The van der Waals surface area contributed by atoms with Crippen molar-refractivity contribution in [3.8, 4) is 0 Å². The summed E-state index contributed by atoms with van der Waals surface area (Å²) in [6.45, 7) is 6.72. The van der Waals surface area contributed by atoms with Crippen LogP contribution < -0.4 is 0 Å². The summed E-state index contributed by atoms with van der Waals surface area (Å²) in [5.74, 6) is 0. The van der Waals surface area contributed by atoms with E-state index in [1.165, 1.54) is 5.39 Å². The van der Waals surface area contributed by atoms with E-state index >= 15 is 0 Å². The minimum absolute atomic E-state index is 0.194. The Labute approximate surface area is 140 Å². The lowest BCUT2D eigenvalue weighted by Gasteiger charge is -2.00.